The Hall–Kier alpha value is -5.60. The van der Waals surface area contributed by atoms with Gasteiger partial charge in [0.05, 0.1) is 22.1 Å². The summed E-state index contributed by atoms with van der Waals surface area (Å²) in [6, 6.07) is 57.2. The largest absolute Gasteiger partial charge is 0.309 e. The van der Waals surface area contributed by atoms with Crippen LogP contribution in [0.1, 0.15) is 0 Å². The number of fused-ring (bicyclic) bond motifs is 7. The van der Waals surface area contributed by atoms with E-state index in [1.54, 1.807) is 0 Å². The Morgan fingerprint density at radius 3 is 1.67 bits per heavy atom. The molecule has 0 amide bonds. The highest BCUT2D eigenvalue weighted by Crippen LogP contribution is 2.43. The van der Waals surface area contributed by atoms with Crippen molar-refractivity contribution >= 4 is 54.4 Å². The van der Waals surface area contributed by atoms with Crippen molar-refractivity contribution in [1.82, 2.24) is 9.13 Å². The normalized spacial score (nSPS) is 11.8. The van der Waals surface area contributed by atoms with Crippen molar-refractivity contribution in [1.29, 1.82) is 0 Å². The summed E-state index contributed by atoms with van der Waals surface area (Å²) in [5, 5.41) is 7.57. The summed E-state index contributed by atoms with van der Waals surface area (Å²) < 4.78 is 4.88. The first-order valence-electron chi connectivity index (χ1n) is 14.5. The van der Waals surface area contributed by atoms with Crippen LogP contribution in [-0.4, -0.2) is 9.13 Å². The molecule has 0 N–H and O–H groups in total. The molecule has 0 fully saturated rings. The zero-order valence-corrected chi connectivity index (χ0v) is 22.9. The van der Waals surface area contributed by atoms with Crippen molar-refractivity contribution in [3.05, 3.63) is 158 Å². The number of benzene rings is 7. The van der Waals surface area contributed by atoms with E-state index >= 15 is 0 Å². The van der Waals surface area contributed by atoms with Crippen LogP contribution in [0.2, 0.25) is 0 Å². The maximum absolute atomic E-state index is 2.48. The Labute approximate surface area is 243 Å². The molecule has 7 aromatic carbocycles. The van der Waals surface area contributed by atoms with E-state index in [9.17, 15) is 0 Å². The van der Waals surface area contributed by atoms with Crippen molar-refractivity contribution in [2.75, 3.05) is 0 Å². The Kier molecular flexibility index (Phi) is 4.93. The molecule has 0 atom stereocenters. The molecule has 196 valence electrons. The second kappa shape index (κ2) is 8.95. The molecule has 0 radical (unpaired) electrons. The third-order valence-electron chi connectivity index (χ3n) is 8.67. The minimum absolute atomic E-state index is 1.15. The van der Waals surface area contributed by atoms with Gasteiger partial charge in [0.1, 0.15) is 0 Å². The van der Waals surface area contributed by atoms with Crippen LogP contribution in [0.4, 0.5) is 0 Å². The van der Waals surface area contributed by atoms with Gasteiger partial charge in [-0.3, -0.25) is 0 Å². The zero-order valence-electron chi connectivity index (χ0n) is 22.9. The highest BCUT2D eigenvalue weighted by Gasteiger charge is 2.20. The lowest BCUT2D eigenvalue weighted by atomic mass is 9.95. The molecule has 9 rings (SSSR count). The van der Waals surface area contributed by atoms with Gasteiger partial charge in [-0.05, 0) is 58.8 Å². The van der Waals surface area contributed by atoms with E-state index < -0.39 is 0 Å². The van der Waals surface area contributed by atoms with E-state index in [2.05, 4.69) is 167 Å². The Balaban J connectivity index is 1.46. The third kappa shape index (κ3) is 3.27. The van der Waals surface area contributed by atoms with E-state index in [1.807, 2.05) is 0 Å². The average Bonchev–Trinajstić information content (AvgIpc) is 3.56. The van der Waals surface area contributed by atoms with Crippen LogP contribution in [0.15, 0.2) is 158 Å². The Morgan fingerprint density at radius 2 is 0.905 bits per heavy atom. The average molecular weight is 535 g/mol. The summed E-state index contributed by atoms with van der Waals surface area (Å²) >= 11 is 0. The van der Waals surface area contributed by atoms with Crippen molar-refractivity contribution in [2.24, 2.45) is 0 Å². The highest BCUT2D eigenvalue weighted by molar-refractivity contribution is 6.21. The van der Waals surface area contributed by atoms with Gasteiger partial charge in [-0.1, -0.05) is 115 Å². The zero-order chi connectivity index (χ0) is 27.6. The molecule has 0 aliphatic rings. The minimum atomic E-state index is 1.15. The van der Waals surface area contributed by atoms with E-state index in [1.165, 1.54) is 71.2 Å². The topological polar surface area (TPSA) is 9.86 Å². The summed E-state index contributed by atoms with van der Waals surface area (Å²) in [6.07, 6.45) is 0. The monoisotopic (exact) mass is 534 g/mol. The van der Waals surface area contributed by atoms with E-state index in [-0.39, 0.29) is 0 Å². The van der Waals surface area contributed by atoms with Gasteiger partial charge in [0, 0.05) is 38.5 Å². The molecule has 42 heavy (non-hydrogen) atoms. The van der Waals surface area contributed by atoms with E-state index in [4.69, 9.17) is 0 Å². The van der Waals surface area contributed by atoms with Gasteiger partial charge in [-0.25, -0.2) is 0 Å². The molecular formula is C40H26N2. The lowest BCUT2D eigenvalue weighted by molar-refractivity contribution is 1.16. The van der Waals surface area contributed by atoms with Gasteiger partial charge in [0.15, 0.2) is 0 Å². The molecular weight excluding hydrogens is 508 g/mol. The van der Waals surface area contributed by atoms with Crippen molar-refractivity contribution in [3.8, 4) is 22.5 Å². The molecule has 0 saturated heterocycles. The van der Waals surface area contributed by atoms with Gasteiger partial charge >= 0.3 is 0 Å². The fraction of sp³-hybridized carbons (Fsp3) is 0. The van der Waals surface area contributed by atoms with Gasteiger partial charge in [-0.15, -0.1) is 0 Å². The first-order chi connectivity index (χ1) is 20.9. The lowest BCUT2D eigenvalue weighted by Crippen LogP contribution is -1.98. The molecule has 9 aromatic rings. The first-order valence-corrected chi connectivity index (χ1v) is 14.5. The molecule has 0 saturated carbocycles. The summed E-state index contributed by atoms with van der Waals surface area (Å²) in [4.78, 5) is 0. The third-order valence-corrected chi connectivity index (χ3v) is 8.67. The quantitative estimate of drug-likeness (QED) is 0.213. The first kappa shape index (κ1) is 23.1. The Bertz CT molecular complexity index is 2440. The number of para-hydroxylation sites is 3. The van der Waals surface area contributed by atoms with Crippen LogP contribution >= 0.6 is 0 Å². The Morgan fingerprint density at radius 1 is 0.333 bits per heavy atom. The molecule has 2 heteroatoms. The van der Waals surface area contributed by atoms with Crippen LogP contribution in [0, 0.1) is 0 Å². The number of nitrogens with zero attached hydrogens (tertiary/aromatic N) is 2. The summed E-state index contributed by atoms with van der Waals surface area (Å²) in [7, 11) is 0. The smallest absolute Gasteiger partial charge is 0.0625 e. The van der Waals surface area contributed by atoms with Crippen LogP contribution in [-0.2, 0) is 0 Å². The molecule has 0 aliphatic carbocycles. The minimum Gasteiger partial charge on any atom is -0.309 e. The molecule has 0 spiro atoms. The lowest BCUT2D eigenvalue weighted by Gasteiger charge is -2.15. The second-order valence-electron chi connectivity index (χ2n) is 11.0. The van der Waals surface area contributed by atoms with Gasteiger partial charge in [0.2, 0.25) is 0 Å². The number of hydrogen-bond donors (Lipinski definition) is 0. The van der Waals surface area contributed by atoms with Crippen LogP contribution in [0.25, 0.3) is 76.9 Å². The fourth-order valence-corrected chi connectivity index (χ4v) is 6.91. The van der Waals surface area contributed by atoms with Crippen molar-refractivity contribution < 1.29 is 0 Å². The van der Waals surface area contributed by atoms with Gasteiger partial charge in [-0.2, -0.15) is 0 Å². The maximum Gasteiger partial charge on any atom is 0.0625 e. The second-order valence-corrected chi connectivity index (χ2v) is 11.0. The van der Waals surface area contributed by atoms with Gasteiger partial charge in [0.25, 0.3) is 0 Å². The maximum atomic E-state index is 2.48. The molecule has 0 aliphatic heterocycles. The number of rotatable bonds is 3. The molecule has 2 aromatic heterocycles. The van der Waals surface area contributed by atoms with Crippen LogP contribution in [0.3, 0.4) is 0 Å². The van der Waals surface area contributed by atoms with Gasteiger partial charge < -0.3 is 9.13 Å². The van der Waals surface area contributed by atoms with Crippen LogP contribution < -0.4 is 0 Å². The van der Waals surface area contributed by atoms with E-state index in [0.29, 0.717) is 0 Å². The SMILES string of the molecule is c1ccc(-c2c3ccccc3cc3c4ccccc4n(-c4ccc5c6ccccc6n(-c6ccccc6)c5c4)c23)cc1. The standard InChI is InChI=1S/C40H26N2/c1-3-13-27(14-4-1)39-31-18-8-7-15-28(31)25-35-33-20-10-12-22-37(33)42(40(35)39)30-23-24-34-32-19-9-11-21-36(32)41(38(34)26-30)29-16-5-2-6-17-29/h1-26H. The van der Waals surface area contributed by atoms with Crippen molar-refractivity contribution in [2.45, 2.75) is 0 Å². The summed E-state index contributed by atoms with van der Waals surface area (Å²) in [5.74, 6) is 0. The summed E-state index contributed by atoms with van der Waals surface area (Å²) in [6.45, 7) is 0. The molecule has 0 bridgehead atoms. The van der Waals surface area contributed by atoms with E-state index in [0.717, 1.165) is 5.69 Å². The number of hydrogen-bond acceptors (Lipinski definition) is 0. The van der Waals surface area contributed by atoms with Crippen LogP contribution in [0.5, 0.6) is 0 Å². The molecule has 2 nitrogen and oxygen atoms in total. The fourth-order valence-electron chi connectivity index (χ4n) is 6.91. The predicted octanol–water partition coefficient (Wildman–Crippen LogP) is 10.7. The number of aromatic nitrogens is 2. The molecule has 2 heterocycles. The molecule has 0 unspecified atom stereocenters. The highest BCUT2D eigenvalue weighted by atomic mass is 15.0. The summed E-state index contributed by atoms with van der Waals surface area (Å²) in [5.41, 5.74) is 9.68. The predicted molar refractivity (Wildman–Crippen MR) is 178 cm³/mol. The van der Waals surface area contributed by atoms with Crippen molar-refractivity contribution in [3.63, 3.8) is 0 Å².